The van der Waals surface area contributed by atoms with Crippen LogP contribution in [0.15, 0.2) is 4.99 Å². The van der Waals surface area contributed by atoms with Gasteiger partial charge in [0.25, 0.3) is 0 Å². The third-order valence-corrected chi connectivity index (χ3v) is 3.27. The molecule has 0 aromatic rings. The van der Waals surface area contributed by atoms with Crippen LogP contribution >= 0.6 is 0 Å². The maximum Gasteiger partial charge on any atom is 0.0965 e. The highest BCUT2D eigenvalue weighted by molar-refractivity contribution is 5.82. The van der Waals surface area contributed by atoms with E-state index in [9.17, 15) is 0 Å². The van der Waals surface area contributed by atoms with E-state index in [0.29, 0.717) is 6.04 Å². The van der Waals surface area contributed by atoms with Crippen LogP contribution in [-0.4, -0.2) is 43.0 Å². The molecule has 2 aliphatic heterocycles. The number of nitrogens with one attached hydrogen (secondary N) is 1. The monoisotopic (exact) mass is 209 g/mol. The number of hydrogen-bond donors (Lipinski definition) is 1. The Morgan fingerprint density at radius 1 is 1.27 bits per heavy atom. The molecule has 0 spiro atoms. The van der Waals surface area contributed by atoms with Crippen molar-refractivity contribution < 1.29 is 0 Å². The van der Waals surface area contributed by atoms with Gasteiger partial charge in [-0.1, -0.05) is 0 Å². The highest BCUT2D eigenvalue weighted by Gasteiger charge is 2.15. The summed E-state index contributed by atoms with van der Waals surface area (Å²) in [6.45, 7) is 7.06. The standard InChI is InChI=1S/C12H23N3/c1-11(10-15-8-4-5-9-15)14-12-6-2-3-7-13-12/h11H,2-10H2,1H3,(H,13,14). The molecule has 0 aromatic carbocycles. The van der Waals surface area contributed by atoms with Gasteiger partial charge < -0.3 is 10.2 Å². The van der Waals surface area contributed by atoms with E-state index in [-0.39, 0.29) is 0 Å². The van der Waals surface area contributed by atoms with E-state index in [1.54, 1.807) is 0 Å². The lowest BCUT2D eigenvalue weighted by molar-refractivity contribution is 0.311. The van der Waals surface area contributed by atoms with Crippen molar-refractivity contribution in [3.63, 3.8) is 0 Å². The van der Waals surface area contributed by atoms with Crippen molar-refractivity contribution in [2.75, 3.05) is 26.2 Å². The Kier molecular flexibility index (Phi) is 4.01. The van der Waals surface area contributed by atoms with Gasteiger partial charge in [0.15, 0.2) is 0 Å². The van der Waals surface area contributed by atoms with E-state index in [1.165, 1.54) is 51.2 Å². The lowest BCUT2D eigenvalue weighted by atomic mass is 10.1. The van der Waals surface area contributed by atoms with Gasteiger partial charge in [0.2, 0.25) is 0 Å². The topological polar surface area (TPSA) is 27.6 Å². The van der Waals surface area contributed by atoms with Crippen LogP contribution in [-0.2, 0) is 0 Å². The smallest absolute Gasteiger partial charge is 0.0965 e. The van der Waals surface area contributed by atoms with Crippen LogP contribution in [0.25, 0.3) is 0 Å². The zero-order valence-electron chi connectivity index (χ0n) is 9.84. The lowest BCUT2D eigenvalue weighted by Crippen LogP contribution is -2.41. The normalized spacial score (nSPS) is 25.0. The summed E-state index contributed by atoms with van der Waals surface area (Å²) in [6.07, 6.45) is 6.50. The predicted molar refractivity (Wildman–Crippen MR) is 64.4 cm³/mol. The lowest BCUT2D eigenvalue weighted by Gasteiger charge is -2.24. The summed E-state index contributed by atoms with van der Waals surface area (Å²) in [5, 5.41) is 3.55. The largest absolute Gasteiger partial charge is 0.370 e. The van der Waals surface area contributed by atoms with Gasteiger partial charge in [0.1, 0.15) is 0 Å². The molecule has 0 aromatic heterocycles. The fourth-order valence-electron chi connectivity index (χ4n) is 2.50. The number of likely N-dealkylation sites (tertiary alicyclic amines) is 1. The van der Waals surface area contributed by atoms with Crippen LogP contribution in [0.4, 0.5) is 0 Å². The van der Waals surface area contributed by atoms with Crippen LogP contribution in [0, 0.1) is 0 Å². The maximum absolute atomic E-state index is 4.53. The molecule has 0 aliphatic carbocycles. The molecule has 1 unspecified atom stereocenters. The van der Waals surface area contributed by atoms with Gasteiger partial charge in [0.05, 0.1) is 5.84 Å². The second kappa shape index (κ2) is 5.50. The van der Waals surface area contributed by atoms with Gasteiger partial charge in [-0.15, -0.1) is 0 Å². The van der Waals surface area contributed by atoms with Crippen molar-refractivity contribution in [2.24, 2.45) is 4.99 Å². The van der Waals surface area contributed by atoms with E-state index < -0.39 is 0 Å². The van der Waals surface area contributed by atoms with Gasteiger partial charge in [-0.25, -0.2) is 0 Å². The van der Waals surface area contributed by atoms with Crippen molar-refractivity contribution in [2.45, 2.75) is 45.1 Å². The summed E-state index contributed by atoms with van der Waals surface area (Å²) in [5.41, 5.74) is 0. The Morgan fingerprint density at radius 3 is 2.73 bits per heavy atom. The third-order valence-electron chi connectivity index (χ3n) is 3.27. The Bertz CT molecular complexity index is 219. The highest BCUT2D eigenvalue weighted by Crippen LogP contribution is 2.09. The molecule has 0 radical (unpaired) electrons. The molecule has 1 atom stereocenters. The average molecular weight is 209 g/mol. The summed E-state index contributed by atoms with van der Waals surface area (Å²) in [4.78, 5) is 7.09. The molecule has 1 saturated heterocycles. The van der Waals surface area contributed by atoms with E-state index in [1.807, 2.05) is 0 Å². The maximum atomic E-state index is 4.53. The van der Waals surface area contributed by atoms with Gasteiger partial charge in [-0.05, 0) is 45.7 Å². The molecule has 3 nitrogen and oxygen atoms in total. The molecule has 0 amide bonds. The fourth-order valence-corrected chi connectivity index (χ4v) is 2.50. The second-order valence-electron chi connectivity index (χ2n) is 4.84. The Hall–Kier alpha value is -0.570. The molecule has 0 bridgehead atoms. The van der Waals surface area contributed by atoms with Crippen LogP contribution in [0.2, 0.25) is 0 Å². The van der Waals surface area contributed by atoms with Gasteiger partial charge in [-0.3, -0.25) is 4.99 Å². The van der Waals surface area contributed by atoms with E-state index in [2.05, 4.69) is 22.1 Å². The first-order valence-electron chi connectivity index (χ1n) is 6.37. The number of nitrogens with zero attached hydrogens (tertiary/aromatic N) is 2. The van der Waals surface area contributed by atoms with Crippen LogP contribution in [0.3, 0.4) is 0 Å². The van der Waals surface area contributed by atoms with E-state index in [4.69, 9.17) is 0 Å². The minimum atomic E-state index is 0.556. The number of hydrogen-bond acceptors (Lipinski definition) is 3. The second-order valence-corrected chi connectivity index (χ2v) is 4.84. The number of amidine groups is 1. The zero-order chi connectivity index (χ0) is 10.5. The molecule has 0 saturated carbocycles. The quantitative estimate of drug-likeness (QED) is 0.765. The van der Waals surface area contributed by atoms with Crippen molar-refractivity contribution in [1.82, 2.24) is 10.2 Å². The Morgan fingerprint density at radius 2 is 2.07 bits per heavy atom. The first kappa shape index (κ1) is 10.9. The fraction of sp³-hybridized carbons (Fsp3) is 0.917. The summed E-state index contributed by atoms with van der Waals surface area (Å²) in [5.74, 6) is 1.24. The zero-order valence-corrected chi connectivity index (χ0v) is 9.84. The van der Waals surface area contributed by atoms with Crippen molar-refractivity contribution in [3.05, 3.63) is 0 Å². The van der Waals surface area contributed by atoms with E-state index in [0.717, 1.165) is 13.0 Å². The van der Waals surface area contributed by atoms with Crippen LogP contribution in [0.1, 0.15) is 39.0 Å². The van der Waals surface area contributed by atoms with Gasteiger partial charge >= 0.3 is 0 Å². The van der Waals surface area contributed by atoms with E-state index >= 15 is 0 Å². The molecular formula is C12H23N3. The summed E-state index contributed by atoms with van der Waals surface area (Å²) < 4.78 is 0. The Labute approximate surface area is 92.9 Å². The van der Waals surface area contributed by atoms with Crippen LogP contribution < -0.4 is 5.32 Å². The minimum absolute atomic E-state index is 0.556. The molecule has 3 heteroatoms. The van der Waals surface area contributed by atoms with Crippen molar-refractivity contribution in [1.29, 1.82) is 0 Å². The Balaban J connectivity index is 1.71. The number of aliphatic imine (C=N–C) groups is 1. The molecule has 1 N–H and O–H groups in total. The average Bonchev–Trinajstić information content (AvgIpc) is 2.71. The minimum Gasteiger partial charge on any atom is -0.370 e. The van der Waals surface area contributed by atoms with Gasteiger partial charge in [0, 0.05) is 25.6 Å². The molecule has 86 valence electrons. The van der Waals surface area contributed by atoms with Crippen molar-refractivity contribution in [3.8, 4) is 0 Å². The molecule has 2 rings (SSSR count). The molecule has 2 heterocycles. The van der Waals surface area contributed by atoms with Crippen molar-refractivity contribution >= 4 is 5.84 Å². The summed E-state index contributed by atoms with van der Waals surface area (Å²) in [7, 11) is 0. The van der Waals surface area contributed by atoms with Gasteiger partial charge in [-0.2, -0.15) is 0 Å². The molecule has 15 heavy (non-hydrogen) atoms. The SMILES string of the molecule is CC(CN1CCCC1)NC1=NCCCC1. The summed E-state index contributed by atoms with van der Waals surface area (Å²) >= 11 is 0. The molecule has 1 fully saturated rings. The predicted octanol–water partition coefficient (Wildman–Crippen LogP) is 1.64. The number of rotatable bonds is 3. The molecular weight excluding hydrogens is 186 g/mol. The third kappa shape index (κ3) is 3.49. The highest BCUT2D eigenvalue weighted by atomic mass is 15.2. The summed E-state index contributed by atoms with van der Waals surface area (Å²) in [6, 6.07) is 0.556. The first-order chi connectivity index (χ1) is 7.34. The van der Waals surface area contributed by atoms with Crippen LogP contribution in [0.5, 0.6) is 0 Å². The molecule has 2 aliphatic rings. The first-order valence-corrected chi connectivity index (χ1v) is 6.37.